The zero-order chi connectivity index (χ0) is 7.68. The molecule has 11 heavy (non-hydrogen) atoms. The molecule has 0 radical (unpaired) electrons. The van der Waals surface area contributed by atoms with Crippen LogP contribution in [0.5, 0.6) is 0 Å². The number of halogens is 1. The van der Waals surface area contributed by atoms with Gasteiger partial charge in [-0.3, -0.25) is 4.99 Å². The molecule has 2 aliphatic rings. The van der Waals surface area contributed by atoms with Crippen LogP contribution < -0.4 is 0 Å². The van der Waals surface area contributed by atoms with Gasteiger partial charge in [-0.15, -0.1) is 0 Å². The normalized spacial score (nSPS) is 27.2. The number of fused-ring (bicyclic) bond motifs is 1. The number of alkyl halides is 1. The molecule has 0 saturated heterocycles. The van der Waals surface area contributed by atoms with Crippen molar-refractivity contribution in [2.45, 2.75) is 6.04 Å². The lowest BCUT2D eigenvalue weighted by Crippen LogP contribution is -2.24. The summed E-state index contributed by atoms with van der Waals surface area (Å²) in [6, 6.07) is 0.428. The number of hydrogen-bond donors (Lipinski definition) is 0. The Morgan fingerprint density at radius 3 is 3.27 bits per heavy atom. The van der Waals surface area contributed by atoms with Gasteiger partial charge in [-0.1, -0.05) is 22.0 Å². The highest BCUT2D eigenvalue weighted by atomic mass is 79.9. The summed E-state index contributed by atoms with van der Waals surface area (Å²) in [7, 11) is 0. The number of allylic oxidation sites excluding steroid dienone is 2. The second-order valence-electron chi connectivity index (χ2n) is 2.65. The van der Waals surface area contributed by atoms with Gasteiger partial charge in [0.15, 0.2) is 0 Å². The average Bonchev–Trinajstić information content (AvgIpc) is 2.46. The lowest BCUT2D eigenvalue weighted by Gasteiger charge is -2.15. The second-order valence-corrected chi connectivity index (χ2v) is 3.30. The minimum atomic E-state index is 0.428. The molecule has 2 heterocycles. The smallest absolute Gasteiger partial charge is 0.127 e. The fourth-order valence-electron chi connectivity index (χ4n) is 1.28. The van der Waals surface area contributed by atoms with Gasteiger partial charge in [-0.25, -0.2) is 0 Å². The highest BCUT2D eigenvalue weighted by molar-refractivity contribution is 9.09. The number of amidine groups is 1. The lowest BCUT2D eigenvalue weighted by atomic mass is 10.3. The first-order chi connectivity index (χ1) is 5.40. The van der Waals surface area contributed by atoms with E-state index in [1.165, 1.54) is 0 Å². The summed E-state index contributed by atoms with van der Waals surface area (Å²) in [4.78, 5) is 6.66. The Bertz CT molecular complexity index is 242. The molecule has 0 saturated carbocycles. The van der Waals surface area contributed by atoms with Crippen molar-refractivity contribution in [2.24, 2.45) is 4.99 Å². The maximum Gasteiger partial charge on any atom is 0.127 e. The first-order valence-electron chi connectivity index (χ1n) is 3.65. The second kappa shape index (κ2) is 2.81. The summed E-state index contributed by atoms with van der Waals surface area (Å²) in [5.74, 6) is 1.09. The van der Waals surface area contributed by atoms with Crippen LogP contribution in [0.25, 0.3) is 0 Å². The van der Waals surface area contributed by atoms with Crippen LogP contribution in [0, 0.1) is 0 Å². The van der Waals surface area contributed by atoms with E-state index in [2.05, 4.69) is 32.0 Å². The third-order valence-corrected chi connectivity index (χ3v) is 2.56. The van der Waals surface area contributed by atoms with Crippen molar-refractivity contribution in [1.29, 1.82) is 0 Å². The Kier molecular flexibility index (Phi) is 1.82. The van der Waals surface area contributed by atoms with Gasteiger partial charge in [0, 0.05) is 18.1 Å². The van der Waals surface area contributed by atoms with Gasteiger partial charge in [0.2, 0.25) is 0 Å². The van der Waals surface area contributed by atoms with Gasteiger partial charge < -0.3 is 4.90 Å². The topological polar surface area (TPSA) is 15.6 Å². The summed E-state index contributed by atoms with van der Waals surface area (Å²) >= 11 is 3.43. The monoisotopic (exact) mass is 212 g/mol. The first-order valence-corrected chi connectivity index (χ1v) is 4.77. The molecular formula is C8H9BrN2. The van der Waals surface area contributed by atoms with Crippen LogP contribution in [0.2, 0.25) is 0 Å². The highest BCUT2D eigenvalue weighted by Gasteiger charge is 2.21. The van der Waals surface area contributed by atoms with Crippen molar-refractivity contribution >= 4 is 21.8 Å². The van der Waals surface area contributed by atoms with E-state index in [1.54, 1.807) is 0 Å². The van der Waals surface area contributed by atoms with Crippen LogP contribution in [-0.4, -0.2) is 28.7 Å². The standard InChI is InChI=1S/C8H9BrN2/c9-5-7-6-11-4-2-1-3-8(11)10-7/h1-4,7H,5-6H2/t7-/m1/s1. The fraction of sp³-hybridized carbons (Fsp3) is 0.375. The molecular weight excluding hydrogens is 204 g/mol. The van der Waals surface area contributed by atoms with E-state index in [-0.39, 0.29) is 0 Å². The summed E-state index contributed by atoms with van der Waals surface area (Å²) in [6.45, 7) is 1.02. The quantitative estimate of drug-likeness (QED) is 0.603. The molecule has 0 bridgehead atoms. The molecule has 58 valence electrons. The van der Waals surface area contributed by atoms with Crippen molar-refractivity contribution in [2.75, 3.05) is 11.9 Å². The van der Waals surface area contributed by atoms with Crippen LogP contribution in [-0.2, 0) is 0 Å². The SMILES string of the molecule is BrC[C@@H]1CN2C=CC=CC2=N1. The first kappa shape index (κ1) is 7.10. The maximum absolute atomic E-state index is 4.49. The van der Waals surface area contributed by atoms with Gasteiger partial charge in [-0.2, -0.15) is 0 Å². The molecule has 2 rings (SSSR count). The zero-order valence-corrected chi connectivity index (χ0v) is 7.66. The van der Waals surface area contributed by atoms with Crippen LogP contribution in [0.3, 0.4) is 0 Å². The van der Waals surface area contributed by atoms with E-state index in [9.17, 15) is 0 Å². The van der Waals surface area contributed by atoms with Crippen LogP contribution in [0.4, 0.5) is 0 Å². The third-order valence-electron chi connectivity index (χ3n) is 1.82. The maximum atomic E-state index is 4.49. The van der Waals surface area contributed by atoms with Gasteiger partial charge in [0.25, 0.3) is 0 Å². The number of nitrogens with zero attached hydrogens (tertiary/aromatic N) is 2. The average molecular weight is 213 g/mol. The third kappa shape index (κ3) is 1.25. The van der Waals surface area contributed by atoms with E-state index >= 15 is 0 Å². The molecule has 0 fully saturated rings. The molecule has 2 nitrogen and oxygen atoms in total. The lowest BCUT2D eigenvalue weighted by molar-refractivity contribution is 0.562. The van der Waals surface area contributed by atoms with Crippen molar-refractivity contribution in [3.05, 3.63) is 24.4 Å². The number of aliphatic imine (C=N–C) groups is 1. The highest BCUT2D eigenvalue weighted by Crippen LogP contribution is 2.14. The number of hydrogen-bond acceptors (Lipinski definition) is 2. The van der Waals surface area contributed by atoms with Crippen LogP contribution >= 0.6 is 15.9 Å². The molecule has 0 aromatic rings. The zero-order valence-electron chi connectivity index (χ0n) is 6.07. The fourth-order valence-corrected chi connectivity index (χ4v) is 1.63. The summed E-state index contributed by atoms with van der Waals surface area (Å²) < 4.78 is 0. The van der Waals surface area contributed by atoms with Crippen molar-refractivity contribution in [3.63, 3.8) is 0 Å². The van der Waals surface area contributed by atoms with E-state index < -0.39 is 0 Å². The minimum Gasteiger partial charge on any atom is -0.331 e. The van der Waals surface area contributed by atoms with Crippen molar-refractivity contribution in [1.82, 2.24) is 4.90 Å². The molecule has 1 atom stereocenters. The predicted molar refractivity (Wildman–Crippen MR) is 50.0 cm³/mol. The van der Waals surface area contributed by atoms with E-state index in [0.29, 0.717) is 6.04 Å². The Labute approximate surface area is 74.4 Å². The van der Waals surface area contributed by atoms with E-state index in [4.69, 9.17) is 0 Å². The molecule has 2 aliphatic heterocycles. The molecule has 0 amide bonds. The van der Waals surface area contributed by atoms with Gasteiger partial charge in [0.1, 0.15) is 5.84 Å². The molecule has 0 spiro atoms. The molecule has 0 aliphatic carbocycles. The van der Waals surface area contributed by atoms with Gasteiger partial charge in [-0.05, 0) is 12.2 Å². The largest absolute Gasteiger partial charge is 0.331 e. The van der Waals surface area contributed by atoms with Gasteiger partial charge >= 0.3 is 0 Å². The summed E-state index contributed by atoms with van der Waals surface area (Å²) in [5, 5.41) is 0.953. The van der Waals surface area contributed by atoms with Crippen LogP contribution in [0.15, 0.2) is 29.4 Å². The Morgan fingerprint density at radius 2 is 2.55 bits per heavy atom. The molecule has 0 aromatic heterocycles. The minimum absolute atomic E-state index is 0.428. The van der Waals surface area contributed by atoms with Crippen LogP contribution in [0.1, 0.15) is 0 Å². The Hall–Kier alpha value is -0.570. The Balaban J connectivity index is 2.19. The molecule has 3 heteroatoms. The van der Waals surface area contributed by atoms with E-state index in [1.807, 2.05) is 18.2 Å². The van der Waals surface area contributed by atoms with Crippen molar-refractivity contribution < 1.29 is 0 Å². The summed E-state index contributed by atoms with van der Waals surface area (Å²) in [5.41, 5.74) is 0. The molecule has 0 unspecified atom stereocenters. The number of rotatable bonds is 1. The molecule has 0 aromatic carbocycles. The summed E-state index contributed by atoms with van der Waals surface area (Å²) in [6.07, 6.45) is 8.17. The van der Waals surface area contributed by atoms with E-state index in [0.717, 1.165) is 17.7 Å². The predicted octanol–water partition coefficient (Wildman–Crippen LogP) is 1.55. The van der Waals surface area contributed by atoms with Crippen molar-refractivity contribution in [3.8, 4) is 0 Å². The Morgan fingerprint density at radius 1 is 1.64 bits per heavy atom. The molecule has 0 N–H and O–H groups in total. The van der Waals surface area contributed by atoms with Gasteiger partial charge in [0.05, 0.1) is 6.04 Å².